The molecular formula is C26H24F7N5O4S. The Bertz CT molecular complexity index is 1610. The Morgan fingerprint density at radius 1 is 1.07 bits per heavy atom. The smallest absolute Gasteiger partial charge is 0.475 e. The molecule has 9 nitrogen and oxygen atoms in total. The topological polar surface area (TPSA) is 116 Å². The molecule has 2 aromatic carbocycles. The summed E-state index contributed by atoms with van der Waals surface area (Å²) in [6, 6.07) is 8.11. The molecule has 4 aromatic rings. The summed E-state index contributed by atoms with van der Waals surface area (Å²) in [6.45, 7) is 3.67. The van der Waals surface area contributed by atoms with Gasteiger partial charge < -0.3 is 14.9 Å². The van der Waals surface area contributed by atoms with Gasteiger partial charge in [0.2, 0.25) is 0 Å². The lowest BCUT2D eigenvalue weighted by atomic mass is 10.1. The van der Waals surface area contributed by atoms with Gasteiger partial charge >= 0.3 is 24.1 Å². The van der Waals surface area contributed by atoms with Gasteiger partial charge in [-0.25, -0.2) is 19.0 Å². The van der Waals surface area contributed by atoms with E-state index >= 15 is 0 Å². The molecule has 0 bridgehead atoms. The zero-order valence-electron chi connectivity index (χ0n) is 22.1. The first-order valence-corrected chi connectivity index (χ1v) is 13.6. The Hall–Kier alpha value is -3.99. The highest BCUT2D eigenvalue weighted by Crippen LogP contribution is 2.36. The lowest BCUT2D eigenvalue weighted by Crippen LogP contribution is -2.37. The van der Waals surface area contributed by atoms with Crippen LogP contribution in [0.5, 0.6) is 0 Å². The minimum atomic E-state index is -5.08. The van der Waals surface area contributed by atoms with Gasteiger partial charge in [0.1, 0.15) is 5.82 Å². The fourth-order valence-corrected chi connectivity index (χ4v) is 5.36. The fraction of sp³-hybridized carbons (Fsp3) is 0.385. The third kappa shape index (κ3) is 8.53. The second-order valence-electron chi connectivity index (χ2n) is 9.56. The molecule has 0 saturated carbocycles. The summed E-state index contributed by atoms with van der Waals surface area (Å²) in [5.74, 6) is -4.11. The van der Waals surface area contributed by atoms with Crippen molar-refractivity contribution in [3.05, 3.63) is 63.9 Å². The number of nitrogens with zero attached hydrogens (tertiary/aromatic N) is 4. The number of H-pyrrole nitrogens is 1. The Labute approximate surface area is 242 Å². The summed E-state index contributed by atoms with van der Waals surface area (Å²) in [7, 11) is 0. The van der Waals surface area contributed by atoms with Crippen LogP contribution in [0.15, 0.2) is 45.7 Å². The molecule has 0 unspecified atom stereocenters. The van der Waals surface area contributed by atoms with Gasteiger partial charge in [0.25, 0.3) is 0 Å². The minimum absolute atomic E-state index is 0.00218. The fourth-order valence-electron chi connectivity index (χ4n) is 4.33. The third-order valence-corrected chi connectivity index (χ3v) is 7.53. The van der Waals surface area contributed by atoms with E-state index in [0.29, 0.717) is 34.0 Å². The van der Waals surface area contributed by atoms with Crippen LogP contribution in [0.1, 0.15) is 30.4 Å². The van der Waals surface area contributed by atoms with E-state index in [9.17, 15) is 35.5 Å². The van der Waals surface area contributed by atoms with Crippen molar-refractivity contribution >= 4 is 32.7 Å². The van der Waals surface area contributed by atoms with Gasteiger partial charge in [-0.1, -0.05) is 29.0 Å². The van der Waals surface area contributed by atoms with Crippen molar-refractivity contribution in [2.75, 3.05) is 31.1 Å². The van der Waals surface area contributed by atoms with Crippen molar-refractivity contribution in [1.82, 2.24) is 20.0 Å². The summed E-state index contributed by atoms with van der Waals surface area (Å²) < 4.78 is 91.1. The van der Waals surface area contributed by atoms with Crippen molar-refractivity contribution in [3.63, 3.8) is 0 Å². The van der Waals surface area contributed by atoms with Crippen molar-refractivity contribution in [1.29, 1.82) is 0 Å². The highest BCUT2D eigenvalue weighted by Gasteiger charge is 2.38. The number of aromatic nitrogens is 3. The number of aromatic amines is 1. The number of likely N-dealkylation sites (tertiary alicyclic amines) is 1. The number of piperidine rings is 1. The normalized spacial score (nSPS) is 14.4. The van der Waals surface area contributed by atoms with E-state index in [1.165, 1.54) is 36.0 Å². The Balaban J connectivity index is 0.000000541. The highest BCUT2D eigenvalue weighted by atomic mass is 32.1. The number of fused-ring (bicyclic) bond motifs is 1. The number of alkyl halides is 6. The van der Waals surface area contributed by atoms with Crippen LogP contribution in [0, 0.1) is 5.82 Å². The summed E-state index contributed by atoms with van der Waals surface area (Å²) in [4.78, 5) is 31.4. The highest BCUT2D eigenvalue weighted by molar-refractivity contribution is 7.22. The molecule has 2 N–H and O–H groups in total. The van der Waals surface area contributed by atoms with Gasteiger partial charge in [0.15, 0.2) is 11.0 Å². The molecule has 0 radical (unpaired) electrons. The first-order chi connectivity index (χ1) is 20.2. The number of hydrogen-bond acceptors (Lipinski definition) is 8. The molecule has 0 amide bonds. The number of aliphatic carboxylic acids is 1. The lowest BCUT2D eigenvalue weighted by Gasteiger charge is -2.30. The predicted octanol–water partition coefficient (Wildman–Crippen LogP) is 5.92. The molecule has 5 rings (SSSR count). The van der Waals surface area contributed by atoms with Crippen molar-refractivity contribution in [3.8, 4) is 11.4 Å². The molecule has 43 heavy (non-hydrogen) atoms. The van der Waals surface area contributed by atoms with Crippen LogP contribution in [0.25, 0.3) is 21.6 Å². The monoisotopic (exact) mass is 635 g/mol. The van der Waals surface area contributed by atoms with Crippen molar-refractivity contribution in [2.45, 2.75) is 38.2 Å². The number of carboxylic acid groups (broad SMARTS) is 1. The number of nitrogens with one attached hydrogen (secondary N) is 1. The number of hydrogen-bond donors (Lipinski definition) is 2. The number of carbonyl (C=O) groups is 1. The van der Waals surface area contributed by atoms with E-state index < -0.39 is 35.5 Å². The van der Waals surface area contributed by atoms with E-state index in [1.54, 1.807) is 6.07 Å². The Morgan fingerprint density at radius 3 is 2.35 bits per heavy atom. The molecule has 1 fully saturated rings. The van der Waals surface area contributed by atoms with Crippen LogP contribution in [0.2, 0.25) is 0 Å². The molecular weight excluding hydrogens is 611 g/mol. The van der Waals surface area contributed by atoms with Gasteiger partial charge in [-0.2, -0.15) is 26.3 Å². The van der Waals surface area contributed by atoms with E-state index in [-0.39, 0.29) is 11.4 Å². The first-order valence-electron chi connectivity index (χ1n) is 12.8. The van der Waals surface area contributed by atoms with E-state index in [1.807, 2.05) is 4.90 Å². The second-order valence-corrected chi connectivity index (χ2v) is 10.6. The van der Waals surface area contributed by atoms with E-state index in [4.69, 9.17) is 9.90 Å². The van der Waals surface area contributed by atoms with Crippen molar-refractivity contribution in [2.24, 2.45) is 0 Å². The maximum atomic E-state index is 14.8. The summed E-state index contributed by atoms with van der Waals surface area (Å²) >= 11 is 1.19. The van der Waals surface area contributed by atoms with E-state index in [0.717, 1.165) is 44.6 Å². The maximum absolute atomic E-state index is 14.8. The van der Waals surface area contributed by atoms with E-state index in [2.05, 4.69) is 24.5 Å². The molecule has 1 aliphatic heterocycles. The maximum Gasteiger partial charge on any atom is 0.490 e. The quantitative estimate of drug-likeness (QED) is 0.241. The first kappa shape index (κ1) is 31.9. The number of thiazole rings is 1. The molecule has 1 aliphatic rings. The average Bonchev–Trinajstić information content (AvgIpc) is 3.56. The molecule has 3 heterocycles. The molecule has 0 aliphatic carbocycles. The van der Waals surface area contributed by atoms with Crippen LogP contribution < -0.4 is 10.7 Å². The van der Waals surface area contributed by atoms with Gasteiger partial charge in [0, 0.05) is 19.6 Å². The van der Waals surface area contributed by atoms with Gasteiger partial charge in [0.05, 0.1) is 21.3 Å². The average molecular weight is 636 g/mol. The Morgan fingerprint density at radius 2 is 1.77 bits per heavy atom. The number of rotatable bonds is 7. The van der Waals surface area contributed by atoms with Gasteiger partial charge in [-0.15, -0.1) is 0 Å². The van der Waals surface area contributed by atoms with Crippen molar-refractivity contribution < 1.29 is 45.2 Å². The van der Waals surface area contributed by atoms with Crippen LogP contribution in [0.3, 0.4) is 0 Å². The zero-order valence-corrected chi connectivity index (χ0v) is 23.0. The molecule has 232 valence electrons. The van der Waals surface area contributed by atoms with Crippen LogP contribution in [-0.2, 0) is 17.5 Å². The number of benzene rings is 2. The number of carboxylic acids is 1. The molecule has 0 atom stereocenters. The van der Waals surface area contributed by atoms with Crippen LogP contribution >= 0.6 is 11.3 Å². The largest absolute Gasteiger partial charge is 0.490 e. The minimum Gasteiger partial charge on any atom is -0.475 e. The predicted molar refractivity (Wildman–Crippen MR) is 142 cm³/mol. The Kier molecular flexibility index (Phi) is 9.74. The summed E-state index contributed by atoms with van der Waals surface area (Å²) in [6.07, 6.45) is -6.03. The van der Waals surface area contributed by atoms with Crippen LogP contribution in [-0.4, -0.2) is 63.5 Å². The second kappa shape index (κ2) is 13.1. The molecule has 1 saturated heterocycles. The molecule has 17 heteroatoms. The lowest BCUT2D eigenvalue weighted by molar-refractivity contribution is -0.192. The SMILES string of the molecule is O=C(O)C(F)(F)F.O=c1[nH]c(-c2ccc(CN(CCN3CCCCC3)c3nc4ccc(C(F)(F)F)cc4s3)cc2F)no1. The molecule has 2 aromatic heterocycles. The van der Waals surface area contributed by atoms with Gasteiger partial charge in [-0.3, -0.25) is 9.51 Å². The summed E-state index contributed by atoms with van der Waals surface area (Å²) in [5.41, 5.74) is 0.524. The zero-order chi connectivity index (χ0) is 31.4. The third-order valence-electron chi connectivity index (χ3n) is 6.45. The number of halogens is 7. The standard InChI is InChI=1S/C24H23F4N5O2S.C2HF3O2/c25-18-12-15(4-6-17(18)21-30-23(34)35-31-21)14-33(11-10-32-8-2-1-3-9-32)22-29-19-7-5-16(24(26,27)28)13-20(19)36-22;3-2(4,5)1(6)7/h4-7,12-13H,1-3,8-11,14H2,(H,30,31,34);(H,6,7). The van der Waals surface area contributed by atoms with Gasteiger partial charge in [-0.05, 0) is 61.8 Å². The summed E-state index contributed by atoms with van der Waals surface area (Å²) in [5, 5.41) is 11.2. The molecule has 0 spiro atoms. The van der Waals surface area contributed by atoms with Crippen LogP contribution in [0.4, 0.5) is 35.9 Å². The number of anilines is 1.